The summed E-state index contributed by atoms with van der Waals surface area (Å²) in [6.07, 6.45) is -0.510. The lowest BCUT2D eigenvalue weighted by Crippen LogP contribution is -2.34. The van der Waals surface area contributed by atoms with Gasteiger partial charge >= 0.3 is 6.09 Å². The maximum absolute atomic E-state index is 12.6. The first kappa shape index (κ1) is 25.0. The molecule has 32 heavy (non-hydrogen) atoms. The molecule has 8 nitrogen and oxygen atoms in total. The van der Waals surface area contributed by atoms with E-state index in [1.807, 2.05) is 0 Å². The average Bonchev–Trinajstić information content (AvgIpc) is 2.71. The Morgan fingerprint density at radius 1 is 1.03 bits per heavy atom. The van der Waals surface area contributed by atoms with Gasteiger partial charge in [-0.3, -0.25) is 9.59 Å². The second-order valence-corrected chi connectivity index (χ2v) is 8.35. The normalized spacial score (nSPS) is 10.8. The number of carbonyl (C=O) groups is 3. The van der Waals surface area contributed by atoms with Crippen LogP contribution in [0.15, 0.2) is 42.5 Å². The number of rotatable bonds is 8. The molecular weight excluding hydrogens is 434 g/mol. The molecule has 2 aromatic carbocycles. The number of carbonyl (C=O) groups excluding carboxylic acids is 3. The predicted molar refractivity (Wildman–Crippen MR) is 123 cm³/mol. The van der Waals surface area contributed by atoms with Crippen LogP contribution in [0.3, 0.4) is 0 Å². The van der Waals surface area contributed by atoms with Gasteiger partial charge in [0.25, 0.3) is 5.91 Å². The number of anilines is 1. The molecule has 3 amide bonds. The molecule has 0 saturated heterocycles. The molecule has 0 bridgehead atoms. The van der Waals surface area contributed by atoms with Gasteiger partial charge in [-0.25, -0.2) is 4.79 Å². The third-order valence-corrected chi connectivity index (χ3v) is 4.39. The van der Waals surface area contributed by atoms with Gasteiger partial charge in [0.1, 0.15) is 11.4 Å². The number of halogens is 1. The molecule has 2 aromatic rings. The summed E-state index contributed by atoms with van der Waals surface area (Å²) in [4.78, 5) is 36.6. The summed E-state index contributed by atoms with van der Waals surface area (Å²) in [5.74, 6) is -0.227. The van der Waals surface area contributed by atoms with Crippen molar-refractivity contribution in [3.63, 3.8) is 0 Å². The number of alkyl carbamates (subject to hydrolysis) is 1. The fraction of sp³-hybridized carbons (Fsp3) is 0.348. The number of amides is 3. The van der Waals surface area contributed by atoms with E-state index in [0.29, 0.717) is 22.0 Å². The third-order valence-electron chi connectivity index (χ3n) is 4.16. The molecule has 0 saturated carbocycles. The number of hydrogen-bond donors (Lipinski definition) is 3. The fourth-order valence-corrected chi connectivity index (χ4v) is 2.90. The van der Waals surface area contributed by atoms with Crippen LogP contribution in [0.5, 0.6) is 5.75 Å². The van der Waals surface area contributed by atoms with E-state index < -0.39 is 11.7 Å². The van der Waals surface area contributed by atoms with Crippen molar-refractivity contribution >= 4 is 35.2 Å². The molecule has 0 radical (unpaired) electrons. The number of para-hydroxylation sites is 1. The van der Waals surface area contributed by atoms with Crippen molar-refractivity contribution in [2.75, 3.05) is 19.0 Å². The first-order valence-electron chi connectivity index (χ1n) is 10.1. The van der Waals surface area contributed by atoms with Crippen LogP contribution < -0.4 is 20.7 Å². The Morgan fingerprint density at radius 3 is 2.44 bits per heavy atom. The van der Waals surface area contributed by atoms with E-state index in [4.69, 9.17) is 21.1 Å². The van der Waals surface area contributed by atoms with Crippen molar-refractivity contribution in [1.29, 1.82) is 0 Å². The van der Waals surface area contributed by atoms with Crippen LogP contribution in [-0.2, 0) is 16.1 Å². The molecule has 0 aliphatic rings. The third kappa shape index (κ3) is 8.11. The van der Waals surface area contributed by atoms with Crippen molar-refractivity contribution in [1.82, 2.24) is 10.6 Å². The zero-order valence-corrected chi connectivity index (χ0v) is 19.3. The van der Waals surface area contributed by atoms with E-state index in [2.05, 4.69) is 16.0 Å². The summed E-state index contributed by atoms with van der Waals surface area (Å²) in [5, 5.41) is 8.57. The minimum atomic E-state index is -0.606. The van der Waals surface area contributed by atoms with Crippen LogP contribution in [0, 0.1) is 0 Å². The van der Waals surface area contributed by atoms with Crippen LogP contribution in [0.25, 0.3) is 0 Å². The smallest absolute Gasteiger partial charge is 0.407 e. The Hall–Kier alpha value is -3.26. The van der Waals surface area contributed by atoms with E-state index in [1.54, 1.807) is 57.2 Å². The molecule has 0 aliphatic carbocycles. The van der Waals surface area contributed by atoms with Crippen LogP contribution in [0.2, 0.25) is 5.02 Å². The zero-order chi connectivity index (χ0) is 23.7. The molecule has 0 aliphatic heterocycles. The SMILES string of the molecule is COc1ccc(Cl)cc1C(=O)NCc1ccccc1NC(=O)CCNC(=O)OC(C)(C)C. The van der Waals surface area contributed by atoms with Gasteiger partial charge in [-0.15, -0.1) is 0 Å². The summed E-state index contributed by atoms with van der Waals surface area (Å²) in [6, 6.07) is 11.9. The minimum absolute atomic E-state index is 0.0691. The highest BCUT2D eigenvalue weighted by atomic mass is 35.5. The number of nitrogens with one attached hydrogen (secondary N) is 3. The minimum Gasteiger partial charge on any atom is -0.496 e. The Morgan fingerprint density at radius 2 is 1.75 bits per heavy atom. The Balaban J connectivity index is 1.92. The molecule has 0 spiro atoms. The summed E-state index contributed by atoms with van der Waals surface area (Å²) < 4.78 is 10.3. The van der Waals surface area contributed by atoms with Crippen molar-refractivity contribution in [3.05, 3.63) is 58.6 Å². The van der Waals surface area contributed by atoms with Gasteiger partial charge in [0.05, 0.1) is 12.7 Å². The van der Waals surface area contributed by atoms with E-state index in [9.17, 15) is 14.4 Å². The first-order chi connectivity index (χ1) is 15.1. The maximum atomic E-state index is 12.6. The van der Waals surface area contributed by atoms with E-state index in [-0.39, 0.29) is 31.3 Å². The Bertz CT molecular complexity index is 972. The van der Waals surface area contributed by atoms with E-state index in [1.165, 1.54) is 13.2 Å². The predicted octanol–water partition coefficient (Wildman–Crippen LogP) is 4.13. The molecule has 0 unspecified atom stereocenters. The van der Waals surface area contributed by atoms with Crippen molar-refractivity contribution in [2.45, 2.75) is 39.3 Å². The Labute approximate surface area is 192 Å². The van der Waals surface area contributed by atoms with E-state index in [0.717, 1.165) is 5.56 Å². The first-order valence-corrected chi connectivity index (χ1v) is 10.4. The van der Waals surface area contributed by atoms with Gasteiger partial charge in [-0.2, -0.15) is 0 Å². The molecule has 0 heterocycles. The number of benzene rings is 2. The highest BCUT2D eigenvalue weighted by molar-refractivity contribution is 6.31. The van der Waals surface area contributed by atoms with Crippen LogP contribution >= 0.6 is 11.6 Å². The van der Waals surface area contributed by atoms with Gasteiger partial charge in [-0.1, -0.05) is 29.8 Å². The Kier molecular flexibility index (Phi) is 8.90. The summed E-state index contributed by atoms with van der Waals surface area (Å²) in [5.41, 5.74) is 0.989. The van der Waals surface area contributed by atoms with Crippen molar-refractivity contribution < 1.29 is 23.9 Å². The molecule has 0 fully saturated rings. The lowest BCUT2D eigenvalue weighted by atomic mass is 10.1. The van der Waals surface area contributed by atoms with Gasteiger partial charge in [0.2, 0.25) is 5.91 Å². The van der Waals surface area contributed by atoms with Gasteiger partial charge in [0.15, 0.2) is 0 Å². The lowest BCUT2D eigenvalue weighted by molar-refractivity contribution is -0.116. The van der Waals surface area contributed by atoms with Gasteiger partial charge < -0.3 is 25.4 Å². The van der Waals surface area contributed by atoms with Gasteiger partial charge in [-0.05, 0) is 50.6 Å². The summed E-state index contributed by atoms with van der Waals surface area (Å²) >= 11 is 5.99. The molecule has 0 aromatic heterocycles. The lowest BCUT2D eigenvalue weighted by Gasteiger charge is -2.19. The summed E-state index contributed by atoms with van der Waals surface area (Å²) in [6.45, 7) is 5.60. The largest absolute Gasteiger partial charge is 0.496 e. The molecular formula is C23H28ClN3O5. The number of ether oxygens (including phenoxy) is 2. The van der Waals surface area contributed by atoms with Crippen LogP contribution in [0.4, 0.5) is 10.5 Å². The quantitative estimate of drug-likeness (QED) is 0.548. The van der Waals surface area contributed by atoms with Gasteiger partial charge in [0, 0.05) is 30.2 Å². The monoisotopic (exact) mass is 461 g/mol. The van der Waals surface area contributed by atoms with Crippen molar-refractivity contribution in [3.8, 4) is 5.75 Å². The van der Waals surface area contributed by atoms with E-state index >= 15 is 0 Å². The van der Waals surface area contributed by atoms with Crippen LogP contribution in [0.1, 0.15) is 43.1 Å². The summed E-state index contributed by atoms with van der Waals surface area (Å²) in [7, 11) is 1.47. The number of hydrogen-bond acceptors (Lipinski definition) is 5. The second-order valence-electron chi connectivity index (χ2n) is 7.91. The average molecular weight is 462 g/mol. The topological polar surface area (TPSA) is 106 Å². The maximum Gasteiger partial charge on any atom is 0.407 e. The standard InChI is InChI=1S/C23H28ClN3O5/c1-23(2,3)32-22(30)25-12-11-20(28)27-18-8-6-5-7-15(18)14-26-21(29)17-13-16(24)9-10-19(17)31-4/h5-10,13H,11-12,14H2,1-4H3,(H,25,30)(H,26,29)(H,27,28). The highest BCUT2D eigenvalue weighted by Gasteiger charge is 2.16. The molecule has 9 heteroatoms. The van der Waals surface area contributed by atoms with Crippen LogP contribution in [-0.4, -0.2) is 37.2 Å². The molecule has 172 valence electrons. The second kappa shape index (κ2) is 11.4. The zero-order valence-electron chi connectivity index (χ0n) is 18.6. The van der Waals surface area contributed by atoms with Crippen molar-refractivity contribution in [2.24, 2.45) is 0 Å². The number of methoxy groups -OCH3 is 1. The molecule has 3 N–H and O–H groups in total. The fourth-order valence-electron chi connectivity index (χ4n) is 2.73. The highest BCUT2D eigenvalue weighted by Crippen LogP contribution is 2.23. The molecule has 2 rings (SSSR count). The molecule has 0 atom stereocenters.